The van der Waals surface area contributed by atoms with E-state index in [1.807, 2.05) is 14.1 Å². The van der Waals surface area contributed by atoms with Crippen LogP contribution in [0.4, 0.5) is 5.69 Å². The largest absolute Gasteiger partial charge is 0.871 e. The first-order valence-electron chi connectivity index (χ1n) is 10.4. The van der Waals surface area contributed by atoms with Gasteiger partial charge in [0.25, 0.3) is 11.6 Å². The highest BCUT2D eigenvalue weighted by Crippen LogP contribution is 2.39. The number of nitro groups is 1. The smallest absolute Gasteiger partial charge is 0.295 e. The van der Waals surface area contributed by atoms with E-state index in [1.165, 1.54) is 29.2 Å². The lowest BCUT2D eigenvalue weighted by Gasteiger charge is -2.27. The minimum atomic E-state index is -0.939. The molecule has 170 valence electrons. The molecule has 3 aromatic rings. The number of fused-ring (bicyclic) bond motifs is 1. The molecule has 33 heavy (non-hydrogen) atoms. The van der Waals surface area contributed by atoms with Crippen LogP contribution in [0.2, 0.25) is 0 Å². The SMILES string of the molecule is Cc1nc2ccccn2c1C([O-])=C1C(=O)C(=O)N(CC[NH+](C)C)C1c1ccc([N+](=O)[O-])cc1. The monoisotopic (exact) mass is 449 g/mol. The maximum Gasteiger partial charge on any atom is 0.295 e. The van der Waals surface area contributed by atoms with E-state index in [4.69, 9.17) is 0 Å². The molecule has 2 aromatic heterocycles. The van der Waals surface area contributed by atoms with Gasteiger partial charge in [0.2, 0.25) is 5.78 Å². The average Bonchev–Trinajstić information content (AvgIpc) is 3.25. The number of non-ortho nitro benzene ring substituents is 1. The molecule has 4 rings (SSSR count). The Labute approximate surface area is 189 Å². The van der Waals surface area contributed by atoms with E-state index in [1.54, 1.807) is 35.7 Å². The summed E-state index contributed by atoms with van der Waals surface area (Å²) in [6.45, 7) is 2.48. The van der Waals surface area contributed by atoms with Crippen molar-refractivity contribution in [1.29, 1.82) is 0 Å². The molecule has 0 radical (unpaired) electrons. The highest BCUT2D eigenvalue weighted by atomic mass is 16.6. The van der Waals surface area contributed by atoms with Gasteiger partial charge in [-0.1, -0.05) is 11.8 Å². The maximum atomic E-state index is 13.7. The fourth-order valence-corrected chi connectivity index (χ4v) is 4.08. The number of carbonyl (C=O) groups is 2. The van der Waals surface area contributed by atoms with Gasteiger partial charge in [0.15, 0.2) is 0 Å². The number of nitrogens with zero attached hydrogens (tertiary/aromatic N) is 4. The van der Waals surface area contributed by atoms with Crippen LogP contribution in [0.25, 0.3) is 11.4 Å². The number of likely N-dealkylation sites (tertiary alicyclic amines) is 1. The number of nitrogens with one attached hydrogen (secondary N) is 1. The van der Waals surface area contributed by atoms with Crippen molar-refractivity contribution in [3.8, 4) is 0 Å². The molecular weight excluding hydrogens is 426 g/mol. The molecule has 0 aliphatic carbocycles. The van der Waals surface area contributed by atoms with Gasteiger partial charge in [-0.05, 0) is 36.8 Å². The molecule has 1 fully saturated rings. The van der Waals surface area contributed by atoms with Crippen LogP contribution in [0.15, 0.2) is 54.2 Å². The van der Waals surface area contributed by atoms with Crippen LogP contribution in [0.5, 0.6) is 0 Å². The molecule has 1 aromatic carbocycles. The molecule has 1 unspecified atom stereocenters. The summed E-state index contributed by atoms with van der Waals surface area (Å²) in [5, 5.41) is 24.8. The second-order valence-corrected chi connectivity index (χ2v) is 8.25. The van der Waals surface area contributed by atoms with Crippen LogP contribution >= 0.6 is 0 Å². The molecule has 0 spiro atoms. The summed E-state index contributed by atoms with van der Waals surface area (Å²) in [4.78, 5) is 43.5. The summed E-state index contributed by atoms with van der Waals surface area (Å²) in [5.41, 5.74) is 1.38. The number of aromatic nitrogens is 2. The van der Waals surface area contributed by atoms with Crippen molar-refractivity contribution in [2.24, 2.45) is 0 Å². The topological polar surface area (TPSA) is 125 Å². The highest BCUT2D eigenvalue weighted by Gasteiger charge is 2.44. The third-order valence-electron chi connectivity index (χ3n) is 5.72. The van der Waals surface area contributed by atoms with Crippen molar-refractivity contribution >= 4 is 28.8 Å². The van der Waals surface area contributed by atoms with Crippen LogP contribution in [-0.2, 0) is 9.59 Å². The van der Waals surface area contributed by atoms with Crippen LogP contribution in [-0.4, -0.2) is 58.1 Å². The molecule has 1 saturated heterocycles. The number of carbonyl (C=O) groups excluding carboxylic acids is 2. The third kappa shape index (κ3) is 3.85. The Morgan fingerprint density at radius 3 is 2.48 bits per heavy atom. The Bertz CT molecular complexity index is 1290. The van der Waals surface area contributed by atoms with Crippen molar-refractivity contribution in [3.05, 3.63) is 81.3 Å². The number of ketones is 1. The standard InChI is InChI=1S/C23H23N5O5/c1-14-19(26-11-5-4-6-17(26)24-14)21(29)18-20(15-7-9-16(10-8-15)28(32)33)27(13-12-25(2)3)23(31)22(18)30/h4-11,20,29H,12-13H2,1-3H3. The second-order valence-electron chi connectivity index (χ2n) is 8.25. The zero-order valence-electron chi connectivity index (χ0n) is 18.4. The fraction of sp³-hybridized carbons (Fsp3) is 0.261. The number of nitro benzene ring substituents is 1. The van der Waals surface area contributed by atoms with Crippen molar-refractivity contribution < 1.29 is 24.5 Å². The molecule has 0 bridgehead atoms. The first-order chi connectivity index (χ1) is 15.7. The molecule has 0 saturated carbocycles. The summed E-state index contributed by atoms with van der Waals surface area (Å²) in [5.74, 6) is -2.19. The zero-order chi connectivity index (χ0) is 23.9. The number of Topliss-reactive ketones (excluding diaryl/α,β-unsaturated/α-hetero) is 1. The Morgan fingerprint density at radius 1 is 1.15 bits per heavy atom. The Kier molecular flexibility index (Phi) is 5.69. The summed E-state index contributed by atoms with van der Waals surface area (Å²) >= 11 is 0. The summed E-state index contributed by atoms with van der Waals surface area (Å²) in [6, 6.07) is 9.92. The molecule has 10 nitrogen and oxygen atoms in total. The predicted molar refractivity (Wildman–Crippen MR) is 117 cm³/mol. The van der Waals surface area contributed by atoms with Crippen LogP contribution in [0, 0.1) is 17.0 Å². The molecule has 10 heteroatoms. The maximum absolute atomic E-state index is 13.7. The van der Waals surface area contributed by atoms with Crippen LogP contribution < -0.4 is 10.0 Å². The van der Waals surface area contributed by atoms with E-state index in [0.717, 1.165) is 4.90 Å². The van der Waals surface area contributed by atoms with E-state index in [9.17, 15) is 24.8 Å². The fourth-order valence-electron chi connectivity index (χ4n) is 4.08. The lowest BCUT2D eigenvalue weighted by atomic mass is 9.96. The van der Waals surface area contributed by atoms with Gasteiger partial charge in [-0.15, -0.1) is 0 Å². The first kappa shape index (κ1) is 22.2. The zero-order valence-corrected chi connectivity index (χ0v) is 18.4. The molecule has 1 aliphatic rings. The van der Waals surface area contributed by atoms with Gasteiger partial charge in [0.1, 0.15) is 5.65 Å². The number of rotatable bonds is 6. The number of aryl methyl sites for hydroxylation is 1. The summed E-state index contributed by atoms with van der Waals surface area (Å²) in [6.07, 6.45) is 1.68. The number of hydrogen-bond donors (Lipinski definition) is 1. The van der Waals surface area contributed by atoms with Gasteiger partial charge in [0, 0.05) is 23.9 Å². The van der Waals surface area contributed by atoms with Gasteiger partial charge in [0.05, 0.1) is 49.5 Å². The van der Waals surface area contributed by atoms with Gasteiger partial charge in [-0.25, -0.2) is 4.98 Å². The lowest BCUT2D eigenvalue weighted by Crippen LogP contribution is -3.06. The summed E-state index contributed by atoms with van der Waals surface area (Å²) < 4.78 is 1.60. The van der Waals surface area contributed by atoms with Gasteiger partial charge < -0.3 is 19.3 Å². The number of hydrogen-bond acceptors (Lipinski definition) is 6. The van der Waals surface area contributed by atoms with Crippen molar-refractivity contribution in [2.75, 3.05) is 27.2 Å². The van der Waals surface area contributed by atoms with Crippen molar-refractivity contribution in [2.45, 2.75) is 13.0 Å². The number of pyridine rings is 1. The number of quaternary nitrogens is 1. The molecule has 1 amide bonds. The first-order valence-corrected chi connectivity index (χ1v) is 10.4. The highest BCUT2D eigenvalue weighted by molar-refractivity contribution is 6.46. The van der Waals surface area contributed by atoms with E-state index in [-0.39, 0.29) is 23.5 Å². The van der Waals surface area contributed by atoms with Gasteiger partial charge in [-0.2, -0.15) is 0 Å². The number of likely N-dealkylation sites (N-methyl/N-ethyl adjacent to an activating group) is 1. The molecule has 1 aliphatic heterocycles. The number of imidazole rings is 1. The molecule has 1 N–H and O–H groups in total. The van der Waals surface area contributed by atoms with Crippen LogP contribution in [0.1, 0.15) is 23.0 Å². The van der Waals surface area contributed by atoms with Gasteiger partial charge in [-0.3, -0.25) is 19.7 Å². The predicted octanol–water partition coefficient (Wildman–Crippen LogP) is -0.0806. The molecule has 3 heterocycles. The van der Waals surface area contributed by atoms with Crippen LogP contribution in [0.3, 0.4) is 0 Å². The lowest BCUT2D eigenvalue weighted by molar-refractivity contribution is -0.857. The van der Waals surface area contributed by atoms with Crippen molar-refractivity contribution in [3.63, 3.8) is 0 Å². The molecular formula is C23H23N5O5. The summed E-state index contributed by atoms with van der Waals surface area (Å²) in [7, 11) is 3.83. The van der Waals surface area contributed by atoms with E-state index in [0.29, 0.717) is 23.4 Å². The number of amides is 1. The van der Waals surface area contributed by atoms with E-state index in [2.05, 4.69) is 4.98 Å². The second kappa shape index (κ2) is 8.47. The normalized spacial score (nSPS) is 17.9. The van der Waals surface area contributed by atoms with Gasteiger partial charge >= 0.3 is 0 Å². The van der Waals surface area contributed by atoms with E-state index >= 15 is 0 Å². The Morgan fingerprint density at radius 2 is 1.85 bits per heavy atom. The average molecular weight is 449 g/mol. The quantitative estimate of drug-likeness (QED) is 0.184. The minimum absolute atomic E-state index is 0.121. The third-order valence-corrected chi connectivity index (χ3v) is 5.72. The van der Waals surface area contributed by atoms with E-state index < -0.39 is 28.4 Å². The Balaban J connectivity index is 1.91. The minimum Gasteiger partial charge on any atom is -0.871 e. The number of benzene rings is 1. The Hall–Kier alpha value is -4.05. The van der Waals surface area contributed by atoms with Crippen molar-refractivity contribution in [1.82, 2.24) is 14.3 Å². The molecule has 1 atom stereocenters.